The summed E-state index contributed by atoms with van der Waals surface area (Å²) in [4.78, 5) is 0. The largest absolute Gasteiger partial charge is 0.300 e. The highest BCUT2D eigenvalue weighted by Gasteiger charge is 2.13. The molecule has 1 heteroatoms. The zero-order chi connectivity index (χ0) is 7.49. The lowest BCUT2D eigenvalue weighted by Crippen LogP contribution is -2.37. The maximum Gasteiger partial charge on any atom is 0.0979 e. The van der Waals surface area contributed by atoms with E-state index >= 15 is 0 Å². The molecule has 1 nitrogen and oxygen atoms in total. The Morgan fingerprint density at radius 3 is 2.00 bits per heavy atom. The SMILES string of the molecule is C=C(C)[N+](C)(C)CCC. The highest BCUT2D eigenvalue weighted by molar-refractivity contribution is 4.74. The summed E-state index contributed by atoms with van der Waals surface area (Å²) in [6.07, 6.45) is 1.22. The molecule has 0 aromatic carbocycles. The number of hydrogen-bond acceptors (Lipinski definition) is 0. The molecule has 0 radical (unpaired) electrons. The molecule has 0 fully saturated rings. The molecule has 9 heavy (non-hydrogen) atoms. The average Bonchev–Trinajstić information content (AvgIpc) is 1.65. The average molecular weight is 128 g/mol. The van der Waals surface area contributed by atoms with Gasteiger partial charge in [0.1, 0.15) is 0 Å². The van der Waals surface area contributed by atoms with Crippen LogP contribution in [0, 0.1) is 0 Å². The van der Waals surface area contributed by atoms with Gasteiger partial charge in [-0.1, -0.05) is 6.92 Å². The molecule has 0 aliphatic heterocycles. The minimum Gasteiger partial charge on any atom is -0.300 e. The van der Waals surface area contributed by atoms with Gasteiger partial charge in [-0.15, -0.1) is 0 Å². The molecule has 0 spiro atoms. The van der Waals surface area contributed by atoms with Gasteiger partial charge in [-0.05, 0) is 13.0 Å². The van der Waals surface area contributed by atoms with Gasteiger partial charge in [-0.2, -0.15) is 0 Å². The fraction of sp³-hybridized carbons (Fsp3) is 0.750. The Kier molecular flexibility index (Phi) is 2.92. The van der Waals surface area contributed by atoms with Gasteiger partial charge in [0.15, 0.2) is 0 Å². The van der Waals surface area contributed by atoms with Crippen molar-refractivity contribution in [2.45, 2.75) is 20.3 Å². The van der Waals surface area contributed by atoms with Crippen molar-refractivity contribution in [3.63, 3.8) is 0 Å². The molecule has 0 aromatic rings. The first-order chi connectivity index (χ1) is 4.00. The van der Waals surface area contributed by atoms with Gasteiger partial charge >= 0.3 is 0 Å². The highest BCUT2D eigenvalue weighted by Crippen LogP contribution is 2.07. The quantitative estimate of drug-likeness (QED) is 0.510. The zero-order valence-corrected chi connectivity index (χ0v) is 7.07. The molecule has 0 heterocycles. The van der Waals surface area contributed by atoms with E-state index in [1.165, 1.54) is 18.7 Å². The first-order valence-corrected chi connectivity index (χ1v) is 3.49. The predicted octanol–water partition coefficient (Wildman–Crippen LogP) is 2.01. The van der Waals surface area contributed by atoms with Crippen LogP contribution in [0.25, 0.3) is 0 Å². The Labute approximate surface area is 58.6 Å². The number of rotatable bonds is 3. The lowest BCUT2D eigenvalue weighted by Gasteiger charge is -2.28. The number of nitrogens with zero attached hydrogens (tertiary/aromatic N) is 1. The third kappa shape index (κ3) is 2.66. The Bertz CT molecular complexity index is 103. The van der Waals surface area contributed by atoms with Crippen molar-refractivity contribution in [1.29, 1.82) is 0 Å². The standard InChI is InChI=1S/C8H18N/c1-6-7-9(4,5)8(2)3/h2,6-7H2,1,3-5H3/q+1. The van der Waals surface area contributed by atoms with Crippen LogP contribution in [0.2, 0.25) is 0 Å². The first kappa shape index (κ1) is 8.70. The van der Waals surface area contributed by atoms with Crippen LogP contribution >= 0.6 is 0 Å². The third-order valence-electron chi connectivity index (χ3n) is 1.82. The Morgan fingerprint density at radius 2 is 1.89 bits per heavy atom. The summed E-state index contributed by atoms with van der Waals surface area (Å²) in [6.45, 7) is 9.38. The fourth-order valence-corrected chi connectivity index (χ4v) is 0.750. The highest BCUT2D eigenvalue weighted by atomic mass is 15.3. The molecule has 0 saturated heterocycles. The van der Waals surface area contributed by atoms with Gasteiger partial charge < -0.3 is 4.48 Å². The molecule has 0 amide bonds. The topological polar surface area (TPSA) is 0 Å². The molecule has 0 aliphatic rings. The molecule has 0 N–H and O–H groups in total. The second-order valence-corrected chi connectivity index (χ2v) is 3.14. The van der Waals surface area contributed by atoms with Crippen LogP contribution in [0.1, 0.15) is 20.3 Å². The van der Waals surface area contributed by atoms with Gasteiger partial charge in [0, 0.05) is 6.92 Å². The minimum absolute atomic E-state index is 0.955. The van der Waals surface area contributed by atoms with Crippen molar-refractivity contribution >= 4 is 0 Å². The monoisotopic (exact) mass is 128 g/mol. The number of hydrogen-bond donors (Lipinski definition) is 0. The molecule has 54 valence electrons. The Hall–Kier alpha value is -0.300. The van der Waals surface area contributed by atoms with Gasteiger partial charge in [0.05, 0.1) is 26.3 Å². The van der Waals surface area contributed by atoms with E-state index in [1.807, 2.05) is 0 Å². The molecular weight excluding hydrogens is 110 g/mol. The molecule has 0 saturated carbocycles. The minimum atomic E-state index is 0.955. The molecular formula is C8H18N+. The first-order valence-electron chi connectivity index (χ1n) is 3.49. The second kappa shape index (κ2) is 3.02. The Balaban J connectivity index is 3.85. The zero-order valence-electron chi connectivity index (χ0n) is 7.07. The summed E-state index contributed by atoms with van der Waals surface area (Å²) in [5.74, 6) is 0. The number of allylic oxidation sites excluding steroid dienone is 1. The van der Waals surface area contributed by atoms with Gasteiger partial charge in [-0.3, -0.25) is 0 Å². The van der Waals surface area contributed by atoms with Gasteiger partial charge in [0.2, 0.25) is 0 Å². The van der Waals surface area contributed by atoms with Crippen molar-refractivity contribution in [3.05, 3.63) is 12.3 Å². The normalized spacial score (nSPS) is 11.6. The molecule has 0 atom stereocenters. The van der Waals surface area contributed by atoms with E-state index < -0.39 is 0 Å². The van der Waals surface area contributed by atoms with Crippen LogP contribution in [-0.4, -0.2) is 25.1 Å². The smallest absolute Gasteiger partial charge is 0.0979 e. The van der Waals surface area contributed by atoms with Crippen LogP contribution in [0.3, 0.4) is 0 Å². The number of quaternary nitrogens is 1. The second-order valence-electron chi connectivity index (χ2n) is 3.14. The van der Waals surface area contributed by atoms with Gasteiger partial charge in [0.25, 0.3) is 0 Å². The van der Waals surface area contributed by atoms with Crippen molar-refractivity contribution in [2.24, 2.45) is 0 Å². The van der Waals surface area contributed by atoms with E-state index in [9.17, 15) is 0 Å². The maximum atomic E-state index is 3.92. The summed E-state index contributed by atoms with van der Waals surface area (Å²) in [7, 11) is 4.37. The summed E-state index contributed by atoms with van der Waals surface area (Å²) < 4.78 is 0.955. The summed E-state index contributed by atoms with van der Waals surface area (Å²) in [5.41, 5.74) is 1.23. The van der Waals surface area contributed by atoms with Crippen LogP contribution in [0.4, 0.5) is 0 Å². The van der Waals surface area contributed by atoms with E-state index in [2.05, 4.69) is 34.5 Å². The van der Waals surface area contributed by atoms with E-state index in [-0.39, 0.29) is 0 Å². The molecule has 0 bridgehead atoms. The van der Waals surface area contributed by atoms with Crippen LogP contribution in [-0.2, 0) is 0 Å². The van der Waals surface area contributed by atoms with Crippen LogP contribution in [0.15, 0.2) is 12.3 Å². The van der Waals surface area contributed by atoms with Crippen molar-refractivity contribution in [3.8, 4) is 0 Å². The fourth-order valence-electron chi connectivity index (χ4n) is 0.750. The Morgan fingerprint density at radius 1 is 1.44 bits per heavy atom. The van der Waals surface area contributed by atoms with E-state index in [4.69, 9.17) is 0 Å². The van der Waals surface area contributed by atoms with E-state index in [1.54, 1.807) is 0 Å². The van der Waals surface area contributed by atoms with Crippen LogP contribution < -0.4 is 0 Å². The van der Waals surface area contributed by atoms with E-state index in [0.29, 0.717) is 0 Å². The van der Waals surface area contributed by atoms with Gasteiger partial charge in [-0.25, -0.2) is 0 Å². The lowest BCUT2D eigenvalue weighted by molar-refractivity contribution is -0.852. The molecule has 0 rings (SSSR count). The van der Waals surface area contributed by atoms with Crippen molar-refractivity contribution in [1.82, 2.24) is 0 Å². The maximum absolute atomic E-state index is 3.92. The molecule has 0 aromatic heterocycles. The van der Waals surface area contributed by atoms with E-state index in [0.717, 1.165) is 4.48 Å². The summed E-state index contributed by atoms with van der Waals surface area (Å²) in [6, 6.07) is 0. The molecule has 0 unspecified atom stereocenters. The summed E-state index contributed by atoms with van der Waals surface area (Å²) in [5, 5.41) is 0. The summed E-state index contributed by atoms with van der Waals surface area (Å²) >= 11 is 0. The van der Waals surface area contributed by atoms with Crippen molar-refractivity contribution in [2.75, 3.05) is 20.6 Å². The lowest BCUT2D eigenvalue weighted by atomic mass is 10.3. The third-order valence-corrected chi connectivity index (χ3v) is 1.82. The predicted molar refractivity (Wildman–Crippen MR) is 42.1 cm³/mol. The van der Waals surface area contributed by atoms with Crippen LogP contribution in [0.5, 0.6) is 0 Å². The molecule has 0 aliphatic carbocycles. The van der Waals surface area contributed by atoms with Crippen molar-refractivity contribution < 1.29 is 4.48 Å².